The molecule has 3 heterocycles. The third kappa shape index (κ3) is 3.64. The number of halogens is 3. The summed E-state index contributed by atoms with van der Waals surface area (Å²) < 4.78 is 7.38. The van der Waals surface area contributed by atoms with Gasteiger partial charge in [-0.15, -0.1) is 10.2 Å². The van der Waals surface area contributed by atoms with Crippen LogP contribution in [-0.4, -0.2) is 30.5 Å². The second-order valence-electron chi connectivity index (χ2n) is 6.84. The van der Waals surface area contributed by atoms with Crippen LogP contribution in [0.2, 0.25) is 15.2 Å². The maximum Gasteiger partial charge on any atom is 0.289 e. The van der Waals surface area contributed by atoms with E-state index in [0.717, 1.165) is 11.1 Å². The molecule has 0 N–H and O–H groups in total. The van der Waals surface area contributed by atoms with Gasteiger partial charge in [-0.2, -0.15) is 0 Å². The van der Waals surface area contributed by atoms with Crippen LogP contribution in [0, 0.1) is 0 Å². The monoisotopic (exact) mass is 483 g/mol. The lowest BCUT2D eigenvalue weighted by atomic mass is 10.1. The highest BCUT2D eigenvalue weighted by atomic mass is 35.5. The largest absolute Gasteiger partial charge is 0.412 e. The second-order valence-corrected chi connectivity index (χ2v) is 8.04. The number of carbonyl (C=O) groups is 1. The highest BCUT2D eigenvalue weighted by Gasteiger charge is 2.27. The van der Waals surface area contributed by atoms with Crippen molar-refractivity contribution in [2.24, 2.45) is 0 Å². The Balaban J connectivity index is 1.58. The van der Waals surface area contributed by atoms with Crippen LogP contribution in [0.15, 0.2) is 65.5 Å². The Morgan fingerprint density at radius 3 is 2.66 bits per heavy atom. The first-order chi connectivity index (χ1) is 15.5. The molecular formula is C22H12Cl3N5O2. The number of benzene rings is 2. The first-order valence-electron chi connectivity index (χ1n) is 9.38. The lowest BCUT2D eigenvalue weighted by Gasteiger charge is -2.09. The quantitative estimate of drug-likeness (QED) is 0.296. The predicted molar refractivity (Wildman–Crippen MR) is 121 cm³/mol. The molecule has 0 radical (unpaired) electrons. The first-order valence-corrected chi connectivity index (χ1v) is 10.5. The third-order valence-electron chi connectivity index (χ3n) is 4.88. The van der Waals surface area contributed by atoms with Crippen molar-refractivity contribution < 1.29 is 9.21 Å². The molecule has 2 aromatic carbocycles. The summed E-state index contributed by atoms with van der Waals surface area (Å²) in [4.78, 5) is 21.4. The highest BCUT2D eigenvalue weighted by Crippen LogP contribution is 2.34. The molecule has 0 atom stereocenters. The van der Waals surface area contributed by atoms with Crippen LogP contribution in [0.1, 0.15) is 21.8 Å². The number of hydrogen-bond acceptors (Lipinski definition) is 6. The lowest BCUT2D eigenvalue weighted by molar-refractivity contribution is 0.100. The maximum absolute atomic E-state index is 13.3. The maximum atomic E-state index is 13.3. The molecule has 0 saturated carbocycles. The van der Waals surface area contributed by atoms with Crippen LogP contribution in [0.4, 0.5) is 0 Å². The minimum absolute atomic E-state index is 0.0919. The van der Waals surface area contributed by atoms with Crippen molar-refractivity contribution in [2.75, 3.05) is 0 Å². The summed E-state index contributed by atoms with van der Waals surface area (Å²) >= 11 is 19.1. The molecule has 0 saturated heterocycles. The molecule has 158 valence electrons. The fraction of sp³-hybridized carbons (Fsp3) is 0.0455. The van der Waals surface area contributed by atoms with Gasteiger partial charge in [-0.1, -0.05) is 59.1 Å². The van der Waals surface area contributed by atoms with Gasteiger partial charge in [0.15, 0.2) is 0 Å². The van der Waals surface area contributed by atoms with E-state index in [1.807, 2.05) is 30.3 Å². The third-order valence-corrected chi connectivity index (χ3v) is 5.86. The van der Waals surface area contributed by atoms with Crippen molar-refractivity contribution in [3.8, 4) is 11.6 Å². The summed E-state index contributed by atoms with van der Waals surface area (Å²) in [6.45, 7) is 0.345. The van der Waals surface area contributed by atoms with Crippen molar-refractivity contribution in [1.82, 2.24) is 24.7 Å². The molecule has 7 nitrogen and oxygen atoms in total. The standard InChI is InChI=1S/C22H12Cl3N5O2/c23-13-6-5-12(15(24)9-13)11-30-17-4-2-1-3-14(17)18(20(30)25)19(31)22-29-28-21(32-22)16-10-26-7-8-27-16/h1-10H,11H2. The van der Waals surface area contributed by atoms with E-state index in [1.54, 1.807) is 16.7 Å². The SMILES string of the molecule is O=C(c1nnc(-c2cnccn2)o1)c1c(Cl)n(Cc2ccc(Cl)cc2Cl)c2ccccc12. The molecule has 0 aliphatic carbocycles. The van der Waals surface area contributed by atoms with E-state index in [0.29, 0.717) is 27.7 Å². The predicted octanol–water partition coefficient (Wildman–Crippen LogP) is 5.72. The summed E-state index contributed by atoms with van der Waals surface area (Å²) in [7, 11) is 0. The molecule has 0 aliphatic heterocycles. The molecule has 5 aromatic rings. The minimum Gasteiger partial charge on any atom is -0.412 e. The summed E-state index contributed by atoms with van der Waals surface area (Å²) in [6.07, 6.45) is 4.48. The number of fused-ring (bicyclic) bond motifs is 1. The van der Waals surface area contributed by atoms with Gasteiger partial charge >= 0.3 is 0 Å². The average Bonchev–Trinajstić information content (AvgIpc) is 3.40. The zero-order valence-electron chi connectivity index (χ0n) is 16.2. The van der Waals surface area contributed by atoms with E-state index in [9.17, 15) is 4.79 Å². The fourth-order valence-electron chi connectivity index (χ4n) is 3.40. The van der Waals surface area contributed by atoms with Crippen LogP contribution in [0.5, 0.6) is 0 Å². The van der Waals surface area contributed by atoms with Gasteiger partial charge in [0.05, 0.1) is 23.8 Å². The number of ketones is 1. The van der Waals surface area contributed by atoms with Crippen molar-refractivity contribution in [3.63, 3.8) is 0 Å². The van der Waals surface area contributed by atoms with E-state index in [2.05, 4.69) is 20.2 Å². The van der Waals surface area contributed by atoms with Crippen molar-refractivity contribution in [2.45, 2.75) is 6.54 Å². The minimum atomic E-state index is -0.491. The lowest BCUT2D eigenvalue weighted by Crippen LogP contribution is -2.04. The summed E-state index contributed by atoms with van der Waals surface area (Å²) in [6, 6.07) is 12.6. The summed E-state index contributed by atoms with van der Waals surface area (Å²) in [5, 5.41) is 9.75. The smallest absolute Gasteiger partial charge is 0.289 e. The van der Waals surface area contributed by atoms with E-state index in [4.69, 9.17) is 39.2 Å². The Morgan fingerprint density at radius 1 is 1.03 bits per heavy atom. The van der Waals surface area contributed by atoms with Crippen molar-refractivity contribution in [1.29, 1.82) is 0 Å². The molecule has 0 spiro atoms. The number of para-hydroxylation sites is 1. The molecule has 0 amide bonds. The second kappa shape index (κ2) is 8.35. The molecule has 5 rings (SSSR count). The molecule has 3 aromatic heterocycles. The van der Waals surface area contributed by atoms with Gasteiger partial charge in [0.25, 0.3) is 17.6 Å². The van der Waals surface area contributed by atoms with Gasteiger partial charge in [0, 0.05) is 27.8 Å². The van der Waals surface area contributed by atoms with Crippen LogP contribution in [-0.2, 0) is 6.54 Å². The Morgan fingerprint density at radius 2 is 1.88 bits per heavy atom. The zero-order valence-corrected chi connectivity index (χ0v) is 18.4. The zero-order chi connectivity index (χ0) is 22.2. The number of hydrogen-bond donors (Lipinski definition) is 0. The van der Waals surface area contributed by atoms with Gasteiger partial charge in [0.1, 0.15) is 10.8 Å². The fourth-order valence-corrected chi connectivity index (χ4v) is 4.20. The molecular weight excluding hydrogens is 473 g/mol. The molecule has 0 unspecified atom stereocenters. The first kappa shape index (κ1) is 20.6. The Kier molecular flexibility index (Phi) is 5.38. The number of rotatable bonds is 5. The van der Waals surface area contributed by atoms with Crippen LogP contribution in [0.25, 0.3) is 22.5 Å². The Bertz CT molecular complexity index is 1460. The van der Waals surface area contributed by atoms with E-state index >= 15 is 0 Å². The molecule has 0 aliphatic rings. The van der Waals surface area contributed by atoms with Crippen LogP contribution < -0.4 is 0 Å². The molecule has 10 heteroatoms. The normalized spacial score (nSPS) is 11.2. The summed E-state index contributed by atoms with van der Waals surface area (Å²) in [5.74, 6) is -0.593. The van der Waals surface area contributed by atoms with Gasteiger partial charge in [-0.25, -0.2) is 4.98 Å². The van der Waals surface area contributed by atoms with Gasteiger partial charge in [0.2, 0.25) is 0 Å². The van der Waals surface area contributed by atoms with Crippen molar-refractivity contribution in [3.05, 3.63) is 93.3 Å². The van der Waals surface area contributed by atoms with Gasteiger partial charge in [-0.3, -0.25) is 9.78 Å². The van der Waals surface area contributed by atoms with Gasteiger partial charge < -0.3 is 8.98 Å². The molecule has 0 fully saturated rings. The van der Waals surface area contributed by atoms with E-state index < -0.39 is 5.78 Å². The number of nitrogens with zero attached hydrogens (tertiary/aromatic N) is 5. The van der Waals surface area contributed by atoms with Crippen molar-refractivity contribution >= 4 is 51.5 Å². The average molecular weight is 485 g/mol. The molecule has 0 bridgehead atoms. The van der Waals surface area contributed by atoms with E-state index in [-0.39, 0.29) is 22.5 Å². The number of aromatic nitrogens is 5. The molecule has 32 heavy (non-hydrogen) atoms. The van der Waals surface area contributed by atoms with Crippen LogP contribution >= 0.6 is 34.8 Å². The van der Waals surface area contributed by atoms with Crippen LogP contribution in [0.3, 0.4) is 0 Å². The van der Waals surface area contributed by atoms with Gasteiger partial charge in [-0.05, 0) is 23.8 Å². The highest BCUT2D eigenvalue weighted by molar-refractivity contribution is 6.37. The topological polar surface area (TPSA) is 86.7 Å². The number of carbonyl (C=O) groups excluding carboxylic acids is 1. The summed E-state index contributed by atoms with van der Waals surface area (Å²) in [5.41, 5.74) is 2.20. The Labute approximate surface area is 196 Å². The Hall–Kier alpha value is -3.26. The van der Waals surface area contributed by atoms with E-state index in [1.165, 1.54) is 18.6 Å².